The van der Waals surface area contributed by atoms with Crippen LogP contribution in [-0.2, 0) is 16.1 Å². The van der Waals surface area contributed by atoms with Crippen LogP contribution in [0.25, 0.3) is 11.3 Å². The molecule has 0 aliphatic carbocycles. The number of nitrogens with zero attached hydrogens (tertiary/aromatic N) is 6. The number of tetrazole rings is 1. The highest BCUT2D eigenvalue weighted by molar-refractivity contribution is 7.99. The van der Waals surface area contributed by atoms with Crippen LogP contribution in [0.3, 0.4) is 0 Å². The van der Waals surface area contributed by atoms with E-state index >= 15 is 0 Å². The summed E-state index contributed by atoms with van der Waals surface area (Å²) in [5.74, 6) is -4.20. The second-order valence-corrected chi connectivity index (χ2v) is 10.3. The monoisotopic (exact) mass is 603 g/mol. The molecule has 5 rings (SSSR count). The Balaban J connectivity index is 1.51. The van der Waals surface area contributed by atoms with Gasteiger partial charge in [-0.2, -0.15) is 5.21 Å². The van der Waals surface area contributed by atoms with Crippen molar-refractivity contribution in [2.45, 2.75) is 41.3 Å². The number of thioether (sulfide) groups is 1. The van der Waals surface area contributed by atoms with E-state index in [4.69, 9.17) is 32.7 Å². The number of rotatable bonds is 8. The maximum Gasteiger partial charge on any atom is 0.200 e. The fraction of sp³-hybridized carbons (Fsp3) is 0.318. The van der Waals surface area contributed by atoms with Gasteiger partial charge in [0.1, 0.15) is 42.1 Å². The van der Waals surface area contributed by atoms with Gasteiger partial charge in [-0.1, -0.05) is 45.4 Å². The lowest BCUT2D eigenvalue weighted by Crippen LogP contribution is -2.55. The topological polar surface area (TPSA) is 144 Å². The number of hydrogen-bond acceptors (Lipinski definition) is 10. The average Bonchev–Trinajstić information content (AvgIpc) is 3.61. The Hall–Kier alpha value is -2.79. The van der Waals surface area contributed by atoms with Crippen molar-refractivity contribution in [2.75, 3.05) is 6.61 Å². The first-order valence-corrected chi connectivity index (χ1v) is 12.9. The third kappa shape index (κ3) is 5.89. The Labute approximate surface area is 232 Å². The van der Waals surface area contributed by atoms with Gasteiger partial charge in [-0.05, 0) is 30.3 Å². The van der Waals surface area contributed by atoms with Crippen molar-refractivity contribution in [2.24, 2.45) is 0 Å². The van der Waals surface area contributed by atoms with Crippen LogP contribution in [0.4, 0.5) is 13.2 Å². The minimum Gasteiger partial charge on any atom is -0.394 e. The Morgan fingerprint density at radius 1 is 1.10 bits per heavy atom. The second kappa shape index (κ2) is 11.8. The van der Waals surface area contributed by atoms with Crippen LogP contribution >= 0.6 is 35.0 Å². The van der Waals surface area contributed by atoms with E-state index in [9.17, 15) is 23.4 Å². The Morgan fingerprint density at radius 2 is 1.87 bits per heavy atom. The minimum absolute atomic E-state index is 0.00218. The zero-order valence-corrected chi connectivity index (χ0v) is 21.8. The first kappa shape index (κ1) is 27.8. The van der Waals surface area contributed by atoms with E-state index in [1.165, 1.54) is 22.6 Å². The van der Waals surface area contributed by atoms with Gasteiger partial charge >= 0.3 is 0 Å². The highest BCUT2D eigenvalue weighted by Gasteiger charge is 2.48. The molecule has 0 bridgehead atoms. The predicted octanol–water partition coefficient (Wildman–Crippen LogP) is 3.18. The Kier molecular flexibility index (Phi) is 8.37. The third-order valence-corrected chi connectivity index (χ3v) is 7.73. The molecule has 1 aliphatic rings. The summed E-state index contributed by atoms with van der Waals surface area (Å²) < 4.78 is 54.4. The number of benzene rings is 2. The number of aliphatic hydroxyl groups excluding tert-OH is 2. The summed E-state index contributed by atoms with van der Waals surface area (Å²) in [5.41, 5.74) is -0.936. The zero-order chi connectivity index (χ0) is 27.7. The van der Waals surface area contributed by atoms with Gasteiger partial charge < -0.3 is 19.7 Å². The van der Waals surface area contributed by atoms with Crippen LogP contribution in [0.15, 0.2) is 41.4 Å². The molecule has 4 aromatic rings. The summed E-state index contributed by atoms with van der Waals surface area (Å²) in [4.78, 5) is 0.644. The van der Waals surface area contributed by atoms with Crippen molar-refractivity contribution < 1.29 is 32.9 Å². The summed E-state index contributed by atoms with van der Waals surface area (Å²) in [5, 5.41) is 43.2. The molecule has 3 heterocycles. The van der Waals surface area contributed by atoms with Crippen molar-refractivity contribution in [3.8, 4) is 11.3 Å². The second-order valence-electron chi connectivity index (χ2n) is 8.34. The third-order valence-electron chi connectivity index (χ3n) is 5.86. The number of nitrogens with one attached hydrogen (secondary N) is 1. The zero-order valence-electron chi connectivity index (χ0n) is 19.5. The van der Waals surface area contributed by atoms with Gasteiger partial charge in [-0.25, -0.2) is 17.9 Å². The van der Waals surface area contributed by atoms with Gasteiger partial charge in [-0.15, -0.1) is 15.3 Å². The van der Waals surface area contributed by atoms with Crippen molar-refractivity contribution in [1.82, 2.24) is 35.6 Å². The fourth-order valence-corrected chi connectivity index (χ4v) is 5.53. The van der Waals surface area contributed by atoms with E-state index in [0.717, 1.165) is 12.1 Å². The van der Waals surface area contributed by atoms with Crippen LogP contribution in [0, 0.1) is 17.5 Å². The van der Waals surface area contributed by atoms with Crippen LogP contribution in [0.1, 0.15) is 11.9 Å². The predicted molar refractivity (Wildman–Crippen MR) is 131 cm³/mol. The summed E-state index contributed by atoms with van der Waals surface area (Å²) in [7, 11) is 0. The molecular formula is C22H18Cl2F3N7O4S. The number of hydrogen-bond donors (Lipinski definition) is 3. The van der Waals surface area contributed by atoms with E-state index in [0.29, 0.717) is 14.9 Å². The van der Waals surface area contributed by atoms with Crippen LogP contribution in [0.2, 0.25) is 10.0 Å². The molecule has 17 heteroatoms. The minimum atomic E-state index is -1.62. The number of ether oxygens (including phenoxy) is 2. The lowest BCUT2D eigenvalue weighted by molar-refractivity contribution is -0.196. The summed E-state index contributed by atoms with van der Waals surface area (Å²) in [6.45, 7) is -0.699. The number of halogens is 5. The largest absolute Gasteiger partial charge is 0.394 e. The number of H-pyrrole nitrogens is 1. The molecule has 1 fully saturated rings. The smallest absolute Gasteiger partial charge is 0.200 e. The Bertz CT molecular complexity index is 1430. The highest BCUT2D eigenvalue weighted by atomic mass is 35.5. The van der Waals surface area contributed by atoms with Crippen molar-refractivity contribution in [3.05, 3.63) is 69.9 Å². The van der Waals surface area contributed by atoms with Gasteiger partial charge in [0.05, 0.1) is 22.8 Å². The lowest BCUT2D eigenvalue weighted by Gasteiger charge is -2.43. The van der Waals surface area contributed by atoms with Gasteiger partial charge in [0, 0.05) is 10.5 Å². The molecule has 0 radical (unpaired) electrons. The van der Waals surface area contributed by atoms with Crippen LogP contribution < -0.4 is 0 Å². The van der Waals surface area contributed by atoms with Gasteiger partial charge in [0.2, 0.25) is 0 Å². The maximum atomic E-state index is 13.8. The molecule has 0 spiro atoms. The van der Waals surface area contributed by atoms with Crippen molar-refractivity contribution in [1.29, 1.82) is 0 Å². The molecule has 2 aromatic carbocycles. The quantitative estimate of drug-likeness (QED) is 0.257. The Morgan fingerprint density at radius 3 is 2.54 bits per heavy atom. The van der Waals surface area contributed by atoms with Crippen molar-refractivity contribution >= 4 is 35.0 Å². The van der Waals surface area contributed by atoms with E-state index in [2.05, 4.69) is 30.9 Å². The average molecular weight is 604 g/mol. The normalized spacial score (nSPS) is 23.3. The summed E-state index contributed by atoms with van der Waals surface area (Å²) in [6.07, 6.45) is -2.11. The number of aromatic nitrogens is 7. The van der Waals surface area contributed by atoms with Crippen molar-refractivity contribution in [3.63, 3.8) is 0 Å². The maximum absolute atomic E-state index is 13.8. The first-order valence-electron chi connectivity index (χ1n) is 11.2. The van der Waals surface area contributed by atoms with E-state index in [1.807, 2.05) is 0 Å². The number of aromatic amines is 1. The molecule has 0 amide bonds. The van der Waals surface area contributed by atoms with Gasteiger partial charge in [-0.3, -0.25) is 0 Å². The highest BCUT2D eigenvalue weighted by Crippen LogP contribution is 2.41. The molecule has 206 valence electrons. The number of aliphatic hydroxyl groups is 2. The molecule has 0 saturated carbocycles. The molecule has 1 aliphatic heterocycles. The lowest BCUT2D eigenvalue weighted by atomic mass is 9.97. The fourth-order valence-electron chi connectivity index (χ4n) is 3.99. The van der Waals surface area contributed by atoms with E-state index in [1.54, 1.807) is 18.2 Å². The molecule has 39 heavy (non-hydrogen) atoms. The molecule has 3 N–H and O–H groups in total. The SMILES string of the molecule is OCC1OC(Sc2ccc(Cl)c(Cl)c2)C(OCc2nn[nH]n2)C(n2cc(-c3cc(F)c(F)c(F)c3)nn2)C1O. The molecule has 11 nitrogen and oxygen atoms in total. The molecule has 5 atom stereocenters. The van der Waals surface area contributed by atoms with Crippen LogP contribution in [-0.4, -0.2) is 76.2 Å². The standard InChI is InChI=1S/C22H18Cl2F3N7O4S/c23-11-2-1-10(5-12(11)24)39-22-21(37-8-17-29-31-32-30-17)19(20(36)16(7-35)38-22)34-6-15(28-33-34)9-3-13(25)18(27)14(26)4-9/h1-6,16,19-22,35-36H,7-8H2,(H,29,30,31,32). The molecular weight excluding hydrogens is 586 g/mol. The molecule has 5 unspecified atom stereocenters. The van der Waals surface area contributed by atoms with E-state index in [-0.39, 0.29) is 23.7 Å². The summed E-state index contributed by atoms with van der Waals surface area (Å²) in [6, 6.07) is 5.45. The first-order chi connectivity index (χ1) is 18.7. The van der Waals surface area contributed by atoms with Gasteiger partial charge in [0.15, 0.2) is 23.3 Å². The summed E-state index contributed by atoms with van der Waals surface area (Å²) >= 11 is 13.4. The molecule has 2 aromatic heterocycles. The van der Waals surface area contributed by atoms with Gasteiger partial charge in [0.25, 0.3) is 0 Å². The van der Waals surface area contributed by atoms with E-state index < -0.39 is 53.8 Å². The van der Waals surface area contributed by atoms with Crippen LogP contribution in [0.5, 0.6) is 0 Å². The molecule has 1 saturated heterocycles.